The van der Waals surface area contributed by atoms with Crippen molar-refractivity contribution in [2.45, 2.75) is 31.6 Å². The van der Waals surface area contributed by atoms with Gasteiger partial charge in [0.15, 0.2) is 0 Å². The van der Waals surface area contributed by atoms with Crippen LogP contribution in [0.2, 0.25) is 0 Å². The molecule has 1 aliphatic heterocycles. The lowest BCUT2D eigenvalue weighted by molar-refractivity contribution is 0.212. The average Bonchev–Trinajstić information content (AvgIpc) is 2.74. The Morgan fingerprint density at radius 1 is 1.10 bits per heavy atom. The second kappa shape index (κ2) is 8.23. The highest BCUT2D eigenvalue weighted by Gasteiger charge is 2.34. The molecule has 9 heteroatoms. The van der Waals surface area contributed by atoms with E-state index in [-0.39, 0.29) is 19.1 Å². The van der Waals surface area contributed by atoms with Gasteiger partial charge in [-0.15, -0.1) is 0 Å². The lowest BCUT2D eigenvalue weighted by Crippen LogP contribution is -2.44. The fraction of sp³-hybridized carbons (Fsp3) is 0.333. The SMILES string of the molecule is Cc1ccc(-c2cc(NC3CCN(S(=O)(=O)C(F)F)CC3)c3cnccc3c2)cn1. The number of sulfonamides is 1. The predicted octanol–water partition coefficient (Wildman–Crippen LogP) is 4.03. The van der Waals surface area contributed by atoms with Crippen LogP contribution in [0.4, 0.5) is 14.5 Å². The third-order valence-corrected chi connectivity index (χ3v) is 6.93. The van der Waals surface area contributed by atoms with E-state index in [1.807, 2.05) is 37.4 Å². The summed E-state index contributed by atoms with van der Waals surface area (Å²) in [5.74, 6) is -3.38. The maximum Gasteiger partial charge on any atom is 0.350 e. The zero-order valence-corrected chi connectivity index (χ0v) is 17.2. The number of hydrogen-bond acceptors (Lipinski definition) is 5. The summed E-state index contributed by atoms with van der Waals surface area (Å²) in [5, 5.41) is 5.44. The van der Waals surface area contributed by atoms with Crippen molar-refractivity contribution in [1.29, 1.82) is 0 Å². The Balaban J connectivity index is 1.59. The van der Waals surface area contributed by atoms with Crippen LogP contribution in [0.1, 0.15) is 18.5 Å². The lowest BCUT2D eigenvalue weighted by Gasteiger charge is -2.32. The van der Waals surface area contributed by atoms with Gasteiger partial charge in [-0.2, -0.15) is 13.1 Å². The van der Waals surface area contributed by atoms with E-state index in [1.165, 1.54) is 0 Å². The summed E-state index contributed by atoms with van der Waals surface area (Å²) in [6, 6.07) is 9.98. The number of pyridine rings is 2. The molecule has 1 aromatic carbocycles. The molecule has 0 unspecified atom stereocenters. The number of halogens is 2. The largest absolute Gasteiger partial charge is 0.382 e. The number of hydrogen-bond donors (Lipinski definition) is 1. The number of nitrogens with zero attached hydrogens (tertiary/aromatic N) is 3. The molecule has 1 N–H and O–H groups in total. The third-order valence-electron chi connectivity index (χ3n) is 5.40. The van der Waals surface area contributed by atoms with Crippen LogP contribution in [0.25, 0.3) is 21.9 Å². The van der Waals surface area contributed by atoms with Crippen molar-refractivity contribution in [1.82, 2.24) is 14.3 Å². The van der Waals surface area contributed by atoms with Gasteiger partial charge in [0.2, 0.25) is 0 Å². The van der Waals surface area contributed by atoms with Crippen molar-refractivity contribution < 1.29 is 17.2 Å². The molecule has 0 spiro atoms. The molecule has 6 nitrogen and oxygen atoms in total. The molecule has 4 rings (SSSR count). The minimum Gasteiger partial charge on any atom is -0.382 e. The number of piperidine rings is 1. The highest BCUT2D eigenvalue weighted by molar-refractivity contribution is 7.89. The molecule has 3 heterocycles. The Morgan fingerprint density at radius 3 is 2.53 bits per heavy atom. The van der Waals surface area contributed by atoms with Crippen molar-refractivity contribution in [3.8, 4) is 11.1 Å². The molecule has 0 amide bonds. The number of rotatable bonds is 5. The minimum atomic E-state index is -4.52. The zero-order valence-electron chi connectivity index (χ0n) is 16.4. The second-order valence-corrected chi connectivity index (χ2v) is 9.33. The topological polar surface area (TPSA) is 75.2 Å². The Hall–Kier alpha value is -2.65. The highest BCUT2D eigenvalue weighted by Crippen LogP contribution is 2.32. The summed E-state index contributed by atoms with van der Waals surface area (Å²) in [5.41, 5.74) is 3.81. The van der Waals surface area contributed by atoms with Crippen LogP contribution in [0.5, 0.6) is 0 Å². The Kier molecular flexibility index (Phi) is 5.66. The third kappa shape index (κ3) is 4.13. The van der Waals surface area contributed by atoms with E-state index in [9.17, 15) is 17.2 Å². The average molecular weight is 432 g/mol. The maximum atomic E-state index is 12.8. The van der Waals surface area contributed by atoms with Crippen molar-refractivity contribution in [2.75, 3.05) is 18.4 Å². The number of nitrogens with one attached hydrogen (secondary N) is 1. The molecule has 0 radical (unpaired) electrons. The summed E-state index contributed by atoms with van der Waals surface area (Å²) < 4.78 is 49.8. The first-order valence-corrected chi connectivity index (χ1v) is 11.2. The van der Waals surface area contributed by atoms with Crippen LogP contribution in [-0.2, 0) is 10.0 Å². The van der Waals surface area contributed by atoms with E-state index in [0.29, 0.717) is 12.8 Å². The molecule has 158 valence electrons. The van der Waals surface area contributed by atoms with Crippen molar-refractivity contribution in [2.24, 2.45) is 0 Å². The van der Waals surface area contributed by atoms with E-state index in [0.717, 1.165) is 37.6 Å². The monoisotopic (exact) mass is 432 g/mol. The number of alkyl halides is 2. The van der Waals surface area contributed by atoms with Gasteiger partial charge in [-0.3, -0.25) is 9.97 Å². The van der Waals surface area contributed by atoms with Gasteiger partial charge >= 0.3 is 5.76 Å². The fourth-order valence-corrected chi connectivity index (χ4v) is 4.66. The standard InChI is InChI=1S/C21H22F2N4O2S/c1-14-2-3-16(12-25-14)17-10-15-4-7-24-13-19(15)20(11-17)26-18-5-8-27(9-6-18)30(28,29)21(22)23/h2-4,7,10-13,18,21,26H,5-6,8-9H2,1H3. The van der Waals surface area contributed by atoms with Gasteiger partial charge in [0.1, 0.15) is 0 Å². The zero-order chi connectivity index (χ0) is 21.3. The maximum absolute atomic E-state index is 12.8. The summed E-state index contributed by atoms with van der Waals surface area (Å²) in [6.45, 7) is 2.08. The van der Waals surface area contributed by atoms with Crippen LogP contribution < -0.4 is 5.32 Å². The molecule has 3 aromatic rings. The Bertz CT molecular complexity index is 1150. The van der Waals surface area contributed by atoms with Gasteiger partial charge < -0.3 is 5.32 Å². The number of aromatic nitrogens is 2. The highest BCUT2D eigenvalue weighted by atomic mass is 32.2. The number of fused-ring (bicyclic) bond motifs is 1. The quantitative estimate of drug-likeness (QED) is 0.659. The number of aryl methyl sites for hydroxylation is 1. The molecule has 0 saturated carbocycles. The van der Waals surface area contributed by atoms with Crippen molar-refractivity contribution in [3.63, 3.8) is 0 Å². The van der Waals surface area contributed by atoms with Gasteiger partial charge in [-0.25, -0.2) is 8.42 Å². The van der Waals surface area contributed by atoms with E-state index >= 15 is 0 Å². The lowest BCUT2D eigenvalue weighted by atomic mass is 10.00. The predicted molar refractivity (Wildman–Crippen MR) is 113 cm³/mol. The number of benzene rings is 1. The number of anilines is 1. The van der Waals surface area contributed by atoms with E-state index in [1.54, 1.807) is 12.4 Å². The molecule has 1 saturated heterocycles. The van der Waals surface area contributed by atoms with Crippen LogP contribution in [0, 0.1) is 6.92 Å². The minimum absolute atomic E-state index is 0.0241. The first kappa shape index (κ1) is 20.6. The van der Waals surface area contributed by atoms with Crippen LogP contribution >= 0.6 is 0 Å². The molecule has 30 heavy (non-hydrogen) atoms. The van der Waals surface area contributed by atoms with E-state index < -0.39 is 15.8 Å². The Labute approximate surface area is 174 Å². The van der Waals surface area contributed by atoms with Crippen molar-refractivity contribution >= 4 is 26.5 Å². The summed E-state index contributed by atoms with van der Waals surface area (Å²) >= 11 is 0. The van der Waals surface area contributed by atoms with Crippen LogP contribution in [0.15, 0.2) is 48.9 Å². The Morgan fingerprint density at radius 2 is 1.87 bits per heavy atom. The molecule has 0 atom stereocenters. The van der Waals surface area contributed by atoms with Gasteiger partial charge in [-0.1, -0.05) is 6.07 Å². The van der Waals surface area contributed by atoms with E-state index in [2.05, 4.69) is 21.4 Å². The molecule has 0 aliphatic carbocycles. The smallest absolute Gasteiger partial charge is 0.350 e. The molecule has 1 fully saturated rings. The van der Waals surface area contributed by atoms with Crippen LogP contribution in [0.3, 0.4) is 0 Å². The summed E-state index contributed by atoms with van der Waals surface area (Å²) in [6.07, 6.45) is 6.24. The van der Waals surface area contributed by atoms with Crippen LogP contribution in [-0.4, -0.2) is 47.6 Å². The second-order valence-electron chi connectivity index (χ2n) is 7.43. The molecular formula is C21H22F2N4O2S. The van der Waals surface area contributed by atoms with E-state index in [4.69, 9.17) is 0 Å². The van der Waals surface area contributed by atoms with Gasteiger partial charge in [-0.05, 0) is 55.0 Å². The summed E-state index contributed by atoms with van der Waals surface area (Å²) in [4.78, 5) is 8.59. The molecule has 2 aromatic heterocycles. The van der Waals surface area contributed by atoms with Gasteiger partial charge in [0.25, 0.3) is 10.0 Å². The molecule has 1 aliphatic rings. The fourth-order valence-electron chi connectivity index (χ4n) is 3.71. The first-order valence-electron chi connectivity index (χ1n) is 9.69. The molecule has 0 bridgehead atoms. The summed E-state index contributed by atoms with van der Waals surface area (Å²) in [7, 11) is -4.52. The van der Waals surface area contributed by atoms with Gasteiger partial charge in [0.05, 0.1) is 0 Å². The molecular weight excluding hydrogens is 410 g/mol. The first-order chi connectivity index (χ1) is 14.3. The van der Waals surface area contributed by atoms with Crippen molar-refractivity contribution in [3.05, 3.63) is 54.6 Å². The van der Waals surface area contributed by atoms with Gasteiger partial charge in [0, 0.05) is 60.1 Å². The normalized spacial score (nSPS) is 16.3.